The number of rotatable bonds is 5. The fourth-order valence-corrected chi connectivity index (χ4v) is 2.74. The molecule has 0 bridgehead atoms. The number of hydrogen-bond acceptors (Lipinski definition) is 4. The summed E-state index contributed by atoms with van der Waals surface area (Å²) in [6.07, 6.45) is 5.70. The largest absolute Gasteiger partial charge is 0.311 e. The standard InChI is InChI=1S/C13H25N5/c1-4-6-11-9-18(13(5-2)7-14-11)10-12-8-17(3)16-15-12/h8,11,13-14H,4-7,9-10H2,1-3H3. The highest BCUT2D eigenvalue weighted by atomic mass is 15.4. The lowest BCUT2D eigenvalue weighted by Crippen LogP contribution is -2.55. The third-order valence-electron chi connectivity index (χ3n) is 3.74. The first kappa shape index (κ1) is 13.5. The first-order chi connectivity index (χ1) is 8.72. The van der Waals surface area contributed by atoms with Crippen molar-refractivity contribution in [2.75, 3.05) is 13.1 Å². The Kier molecular flexibility index (Phi) is 4.72. The minimum absolute atomic E-state index is 0.625. The smallest absolute Gasteiger partial charge is 0.0967 e. The van der Waals surface area contributed by atoms with E-state index in [1.807, 2.05) is 13.2 Å². The van der Waals surface area contributed by atoms with Gasteiger partial charge in [0.1, 0.15) is 0 Å². The zero-order valence-corrected chi connectivity index (χ0v) is 11.8. The molecule has 1 N–H and O–H groups in total. The molecular formula is C13H25N5. The van der Waals surface area contributed by atoms with Crippen LogP contribution in [0.15, 0.2) is 6.20 Å². The molecule has 2 unspecified atom stereocenters. The van der Waals surface area contributed by atoms with Gasteiger partial charge in [-0.25, -0.2) is 0 Å². The number of aryl methyl sites for hydroxylation is 1. The van der Waals surface area contributed by atoms with E-state index in [0.717, 1.165) is 25.3 Å². The molecule has 1 aliphatic rings. The third-order valence-corrected chi connectivity index (χ3v) is 3.74. The molecule has 5 heteroatoms. The molecule has 2 rings (SSSR count). The molecule has 102 valence electrons. The van der Waals surface area contributed by atoms with Crippen LogP contribution in [0.5, 0.6) is 0 Å². The fraction of sp³-hybridized carbons (Fsp3) is 0.846. The number of hydrogen-bond donors (Lipinski definition) is 1. The Hall–Kier alpha value is -0.940. The van der Waals surface area contributed by atoms with Crippen LogP contribution in [-0.2, 0) is 13.6 Å². The van der Waals surface area contributed by atoms with E-state index in [4.69, 9.17) is 0 Å². The number of piperazine rings is 1. The van der Waals surface area contributed by atoms with Crippen LogP contribution in [0.2, 0.25) is 0 Å². The second kappa shape index (κ2) is 6.29. The molecule has 0 amide bonds. The summed E-state index contributed by atoms with van der Waals surface area (Å²) in [6, 6.07) is 1.26. The zero-order valence-electron chi connectivity index (χ0n) is 11.8. The lowest BCUT2D eigenvalue weighted by molar-refractivity contribution is 0.114. The van der Waals surface area contributed by atoms with Crippen molar-refractivity contribution < 1.29 is 0 Å². The van der Waals surface area contributed by atoms with Crippen LogP contribution in [0.4, 0.5) is 0 Å². The molecule has 2 atom stereocenters. The molecule has 1 fully saturated rings. The molecule has 1 aliphatic heterocycles. The Morgan fingerprint density at radius 2 is 2.28 bits per heavy atom. The summed E-state index contributed by atoms with van der Waals surface area (Å²) in [5, 5.41) is 11.9. The van der Waals surface area contributed by atoms with Gasteiger partial charge in [0.15, 0.2) is 0 Å². The Morgan fingerprint density at radius 3 is 2.89 bits per heavy atom. The van der Waals surface area contributed by atoms with Gasteiger partial charge in [-0.15, -0.1) is 5.10 Å². The number of nitrogens with one attached hydrogen (secondary N) is 1. The molecule has 1 aromatic rings. The SMILES string of the molecule is CCCC1CN(Cc2cn(C)nn2)C(CC)CN1. The summed E-state index contributed by atoms with van der Waals surface area (Å²) in [6.45, 7) is 7.66. The second-order valence-electron chi connectivity index (χ2n) is 5.27. The van der Waals surface area contributed by atoms with E-state index in [0.29, 0.717) is 12.1 Å². The lowest BCUT2D eigenvalue weighted by Gasteiger charge is -2.39. The van der Waals surface area contributed by atoms with Crippen molar-refractivity contribution in [1.82, 2.24) is 25.2 Å². The first-order valence-corrected chi connectivity index (χ1v) is 7.05. The molecule has 0 aliphatic carbocycles. The molecule has 2 heterocycles. The summed E-state index contributed by atoms with van der Waals surface area (Å²) in [7, 11) is 1.92. The average molecular weight is 251 g/mol. The Bertz CT molecular complexity index is 362. The van der Waals surface area contributed by atoms with Crippen LogP contribution in [-0.4, -0.2) is 45.1 Å². The molecule has 0 aromatic carbocycles. The van der Waals surface area contributed by atoms with E-state index >= 15 is 0 Å². The molecule has 0 radical (unpaired) electrons. The second-order valence-corrected chi connectivity index (χ2v) is 5.27. The number of nitrogens with zero attached hydrogens (tertiary/aromatic N) is 4. The minimum atomic E-state index is 0.625. The van der Waals surface area contributed by atoms with Crippen molar-refractivity contribution >= 4 is 0 Å². The van der Waals surface area contributed by atoms with Gasteiger partial charge in [0.2, 0.25) is 0 Å². The summed E-state index contributed by atoms with van der Waals surface area (Å²) in [5.74, 6) is 0. The lowest BCUT2D eigenvalue weighted by atomic mass is 10.0. The van der Waals surface area contributed by atoms with Crippen LogP contribution in [0, 0.1) is 0 Å². The fourth-order valence-electron chi connectivity index (χ4n) is 2.74. The van der Waals surface area contributed by atoms with Gasteiger partial charge < -0.3 is 5.32 Å². The maximum absolute atomic E-state index is 4.20. The maximum atomic E-state index is 4.20. The average Bonchev–Trinajstić information content (AvgIpc) is 2.76. The van der Waals surface area contributed by atoms with Gasteiger partial charge in [-0.05, 0) is 12.8 Å². The van der Waals surface area contributed by atoms with Gasteiger partial charge in [-0.2, -0.15) is 0 Å². The summed E-state index contributed by atoms with van der Waals surface area (Å²) >= 11 is 0. The Balaban J connectivity index is 1.97. The first-order valence-electron chi connectivity index (χ1n) is 7.05. The van der Waals surface area contributed by atoms with E-state index < -0.39 is 0 Å². The summed E-state index contributed by atoms with van der Waals surface area (Å²) in [4.78, 5) is 2.56. The van der Waals surface area contributed by atoms with Crippen LogP contribution >= 0.6 is 0 Å². The summed E-state index contributed by atoms with van der Waals surface area (Å²) in [5.41, 5.74) is 1.08. The molecule has 5 nitrogen and oxygen atoms in total. The van der Waals surface area contributed by atoms with Gasteiger partial charge in [-0.3, -0.25) is 9.58 Å². The van der Waals surface area contributed by atoms with Gasteiger partial charge >= 0.3 is 0 Å². The van der Waals surface area contributed by atoms with Crippen molar-refractivity contribution in [1.29, 1.82) is 0 Å². The minimum Gasteiger partial charge on any atom is -0.311 e. The Morgan fingerprint density at radius 1 is 1.44 bits per heavy atom. The van der Waals surface area contributed by atoms with Crippen molar-refractivity contribution in [3.63, 3.8) is 0 Å². The van der Waals surface area contributed by atoms with Gasteiger partial charge in [-0.1, -0.05) is 25.5 Å². The van der Waals surface area contributed by atoms with Crippen molar-refractivity contribution in [2.24, 2.45) is 7.05 Å². The molecule has 1 aromatic heterocycles. The molecule has 0 saturated carbocycles. The summed E-state index contributed by atoms with van der Waals surface area (Å²) < 4.78 is 1.78. The van der Waals surface area contributed by atoms with Crippen molar-refractivity contribution in [3.05, 3.63) is 11.9 Å². The molecular weight excluding hydrogens is 226 g/mol. The normalized spacial score (nSPS) is 25.5. The number of aromatic nitrogens is 3. The van der Waals surface area contributed by atoms with Crippen LogP contribution < -0.4 is 5.32 Å². The monoisotopic (exact) mass is 251 g/mol. The third kappa shape index (κ3) is 3.29. The van der Waals surface area contributed by atoms with Crippen LogP contribution in [0.1, 0.15) is 38.8 Å². The molecule has 0 spiro atoms. The predicted molar refractivity (Wildman–Crippen MR) is 72.2 cm³/mol. The predicted octanol–water partition coefficient (Wildman–Crippen LogP) is 1.17. The maximum Gasteiger partial charge on any atom is 0.0967 e. The molecule has 1 saturated heterocycles. The highest BCUT2D eigenvalue weighted by molar-refractivity contribution is 4.95. The van der Waals surface area contributed by atoms with E-state index in [-0.39, 0.29) is 0 Å². The highest BCUT2D eigenvalue weighted by Gasteiger charge is 2.26. The topological polar surface area (TPSA) is 46.0 Å². The van der Waals surface area contributed by atoms with Gasteiger partial charge in [0.05, 0.1) is 5.69 Å². The Labute approximate surface area is 110 Å². The van der Waals surface area contributed by atoms with E-state index in [9.17, 15) is 0 Å². The van der Waals surface area contributed by atoms with Gasteiger partial charge in [0, 0.05) is 45.0 Å². The van der Waals surface area contributed by atoms with Crippen molar-refractivity contribution in [3.8, 4) is 0 Å². The molecule has 18 heavy (non-hydrogen) atoms. The highest BCUT2D eigenvalue weighted by Crippen LogP contribution is 2.15. The van der Waals surface area contributed by atoms with E-state index in [1.165, 1.54) is 19.3 Å². The van der Waals surface area contributed by atoms with Crippen LogP contribution in [0.25, 0.3) is 0 Å². The van der Waals surface area contributed by atoms with E-state index in [1.54, 1.807) is 4.68 Å². The van der Waals surface area contributed by atoms with Gasteiger partial charge in [0.25, 0.3) is 0 Å². The van der Waals surface area contributed by atoms with Crippen LogP contribution in [0.3, 0.4) is 0 Å². The van der Waals surface area contributed by atoms with Crippen molar-refractivity contribution in [2.45, 2.75) is 51.7 Å². The van der Waals surface area contributed by atoms with E-state index in [2.05, 4.69) is 34.4 Å². The quantitative estimate of drug-likeness (QED) is 0.853. The zero-order chi connectivity index (χ0) is 13.0.